The quantitative estimate of drug-likeness (QED) is 0.726. The number of rotatable bonds is 5. The van der Waals surface area contributed by atoms with Gasteiger partial charge in [0.1, 0.15) is 0 Å². The van der Waals surface area contributed by atoms with E-state index in [1.54, 1.807) is 0 Å². The van der Waals surface area contributed by atoms with Crippen LogP contribution in [0.4, 0.5) is 0 Å². The number of carbonyl (C=O) groups is 1. The summed E-state index contributed by atoms with van der Waals surface area (Å²) in [5.74, 6) is -0.698. The molecule has 1 aliphatic carbocycles. The lowest BCUT2D eigenvalue weighted by Crippen LogP contribution is -2.41. The third-order valence-corrected chi connectivity index (χ3v) is 3.51. The van der Waals surface area contributed by atoms with E-state index in [0.717, 1.165) is 32.0 Å². The molecule has 1 N–H and O–H groups in total. The summed E-state index contributed by atoms with van der Waals surface area (Å²) < 4.78 is 0. The van der Waals surface area contributed by atoms with Crippen molar-refractivity contribution < 1.29 is 9.90 Å². The fourth-order valence-corrected chi connectivity index (χ4v) is 2.48. The predicted molar refractivity (Wildman–Crippen MR) is 57.9 cm³/mol. The third-order valence-electron chi connectivity index (χ3n) is 3.51. The molecule has 1 heterocycles. The SMILES string of the molecule is CN(C[C@@H]1CCCN1CC(=O)O)C1CC1. The maximum absolute atomic E-state index is 10.7. The first kappa shape index (κ1) is 10.9. The molecule has 0 unspecified atom stereocenters. The van der Waals surface area contributed by atoms with Gasteiger partial charge in [-0.3, -0.25) is 9.69 Å². The molecule has 15 heavy (non-hydrogen) atoms. The van der Waals surface area contributed by atoms with Crippen molar-refractivity contribution in [1.82, 2.24) is 9.80 Å². The van der Waals surface area contributed by atoms with Gasteiger partial charge in [0.05, 0.1) is 6.54 Å². The molecule has 86 valence electrons. The fraction of sp³-hybridized carbons (Fsp3) is 0.909. The van der Waals surface area contributed by atoms with Crippen LogP contribution in [0.5, 0.6) is 0 Å². The molecule has 1 aliphatic heterocycles. The highest BCUT2D eigenvalue weighted by Crippen LogP contribution is 2.27. The number of likely N-dealkylation sites (tertiary alicyclic amines) is 1. The molecular weight excluding hydrogens is 192 g/mol. The van der Waals surface area contributed by atoms with Crippen LogP contribution in [0.25, 0.3) is 0 Å². The van der Waals surface area contributed by atoms with Crippen LogP contribution in [0.2, 0.25) is 0 Å². The van der Waals surface area contributed by atoms with Gasteiger partial charge in [0.25, 0.3) is 0 Å². The van der Waals surface area contributed by atoms with Crippen LogP contribution in [0, 0.1) is 0 Å². The van der Waals surface area contributed by atoms with E-state index in [1.165, 1.54) is 12.8 Å². The lowest BCUT2D eigenvalue weighted by molar-refractivity contribution is -0.138. The van der Waals surface area contributed by atoms with Gasteiger partial charge >= 0.3 is 5.97 Å². The summed E-state index contributed by atoms with van der Waals surface area (Å²) in [5, 5.41) is 8.79. The molecule has 0 bridgehead atoms. The Balaban J connectivity index is 1.81. The first-order valence-electron chi connectivity index (χ1n) is 5.83. The van der Waals surface area contributed by atoms with Crippen LogP contribution in [0.3, 0.4) is 0 Å². The van der Waals surface area contributed by atoms with Gasteiger partial charge in [-0.1, -0.05) is 0 Å². The van der Waals surface area contributed by atoms with Crippen molar-refractivity contribution in [2.75, 3.05) is 26.7 Å². The van der Waals surface area contributed by atoms with Gasteiger partial charge in [-0.25, -0.2) is 0 Å². The van der Waals surface area contributed by atoms with Gasteiger partial charge in [0, 0.05) is 18.6 Å². The van der Waals surface area contributed by atoms with Crippen LogP contribution in [0.1, 0.15) is 25.7 Å². The first-order valence-corrected chi connectivity index (χ1v) is 5.83. The minimum Gasteiger partial charge on any atom is -0.480 e. The van der Waals surface area contributed by atoms with Gasteiger partial charge in [-0.2, -0.15) is 0 Å². The minimum absolute atomic E-state index is 0.211. The van der Waals surface area contributed by atoms with E-state index in [0.29, 0.717) is 6.04 Å². The van der Waals surface area contributed by atoms with Gasteiger partial charge < -0.3 is 10.0 Å². The van der Waals surface area contributed by atoms with E-state index >= 15 is 0 Å². The van der Waals surface area contributed by atoms with Gasteiger partial charge in [0.2, 0.25) is 0 Å². The first-order chi connectivity index (χ1) is 7.16. The molecule has 0 amide bonds. The van der Waals surface area contributed by atoms with Crippen molar-refractivity contribution in [3.8, 4) is 0 Å². The van der Waals surface area contributed by atoms with Crippen molar-refractivity contribution in [2.24, 2.45) is 0 Å². The number of hydrogen-bond donors (Lipinski definition) is 1. The number of aliphatic carboxylic acids is 1. The van der Waals surface area contributed by atoms with E-state index in [4.69, 9.17) is 5.11 Å². The molecule has 1 saturated heterocycles. The molecule has 4 heteroatoms. The predicted octanol–water partition coefficient (Wildman–Crippen LogP) is 0.630. The summed E-state index contributed by atoms with van der Waals surface area (Å²) >= 11 is 0. The lowest BCUT2D eigenvalue weighted by Gasteiger charge is -2.27. The highest BCUT2D eigenvalue weighted by atomic mass is 16.4. The standard InChI is InChI=1S/C11H20N2O2/c1-12(9-4-5-9)7-10-3-2-6-13(10)8-11(14)15/h9-10H,2-8H2,1H3,(H,14,15)/t10-/m0/s1. The smallest absolute Gasteiger partial charge is 0.317 e. The summed E-state index contributed by atoms with van der Waals surface area (Å²) in [5.41, 5.74) is 0. The highest BCUT2D eigenvalue weighted by molar-refractivity contribution is 5.69. The van der Waals surface area contributed by atoms with Crippen molar-refractivity contribution in [1.29, 1.82) is 0 Å². The lowest BCUT2D eigenvalue weighted by atomic mass is 10.2. The molecule has 0 spiro atoms. The van der Waals surface area contributed by atoms with Gasteiger partial charge in [0.15, 0.2) is 0 Å². The van der Waals surface area contributed by atoms with Crippen molar-refractivity contribution in [2.45, 2.75) is 37.8 Å². The summed E-state index contributed by atoms with van der Waals surface area (Å²) in [4.78, 5) is 15.2. The van der Waals surface area contributed by atoms with Crippen LogP contribution in [-0.4, -0.2) is 59.6 Å². The van der Waals surface area contributed by atoms with Crippen LogP contribution >= 0.6 is 0 Å². The normalized spacial score (nSPS) is 27.5. The van der Waals surface area contributed by atoms with E-state index in [-0.39, 0.29) is 6.54 Å². The number of hydrogen-bond acceptors (Lipinski definition) is 3. The van der Waals surface area contributed by atoms with Crippen molar-refractivity contribution in [3.05, 3.63) is 0 Å². The molecule has 0 aromatic carbocycles. The van der Waals surface area contributed by atoms with Crippen LogP contribution in [-0.2, 0) is 4.79 Å². The molecule has 4 nitrogen and oxygen atoms in total. The number of likely N-dealkylation sites (N-methyl/N-ethyl adjacent to an activating group) is 1. The van der Waals surface area contributed by atoms with Gasteiger partial charge in [-0.05, 0) is 39.3 Å². The Morgan fingerprint density at radius 2 is 2.20 bits per heavy atom. The average molecular weight is 212 g/mol. The Morgan fingerprint density at radius 1 is 1.47 bits per heavy atom. The summed E-state index contributed by atoms with van der Waals surface area (Å²) in [6.45, 7) is 2.20. The molecule has 2 aliphatic rings. The summed E-state index contributed by atoms with van der Waals surface area (Å²) in [6.07, 6.45) is 4.95. The Labute approximate surface area is 90.9 Å². The summed E-state index contributed by atoms with van der Waals surface area (Å²) in [7, 11) is 2.16. The molecule has 1 saturated carbocycles. The fourth-order valence-electron chi connectivity index (χ4n) is 2.48. The van der Waals surface area contributed by atoms with E-state index < -0.39 is 5.97 Å². The molecule has 1 atom stereocenters. The maximum atomic E-state index is 10.7. The van der Waals surface area contributed by atoms with Crippen molar-refractivity contribution >= 4 is 5.97 Å². The topological polar surface area (TPSA) is 43.8 Å². The van der Waals surface area contributed by atoms with Crippen LogP contribution < -0.4 is 0 Å². The summed E-state index contributed by atoms with van der Waals surface area (Å²) in [6, 6.07) is 1.24. The third kappa shape index (κ3) is 2.92. The molecule has 2 fully saturated rings. The molecule has 2 rings (SSSR count). The number of carboxylic acids is 1. The molecular formula is C11H20N2O2. The number of carboxylic acid groups (broad SMARTS) is 1. The number of nitrogens with zero attached hydrogens (tertiary/aromatic N) is 2. The molecule has 0 aromatic heterocycles. The Kier molecular flexibility index (Phi) is 3.26. The molecule has 0 radical (unpaired) electrons. The zero-order valence-corrected chi connectivity index (χ0v) is 9.35. The second kappa shape index (κ2) is 4.49. The largest absolute Gasteiger partial charge is 0.480 e. The van der Waals surface area contributed by atoms with E-state index in [9.17, 15) is 4.79 Å². The van der Waals surface area contributed by atoms with Gasteiger partial charge in [-0.15, -0.1) is 0 Å². The second-order valence-electron chi connectivity index (χ2n) is 4.83. The monoisotopic (exact) mass is 212 g/mol. The molecule has 0 aromatic rings. The maximum Gasteiger partial charge on any atom is 0.317 e. The minimum atomic E-state index is -0.698. The Bertz CT molecular complexity index is 241. The average Bonchev–Trinajstić information content (AvgIpc) is 2.92. The Hall–Kier alpha value is -0.610. The second-order valence-corrected chi connectivity index (χ2v) is 4.83. The zero-order valence-electron chi connectivity index (χ0n) is 9.35. The zero-order chi connectivity index (χ0) is 10.8. The Morgan fingerprint density at radius 3 is 2.80 bits per heavy atom. The van der Waals surface area contributed by atoms with E-state index in [2.05, 4.69) is 16.8 Å². The van der Waals surface area contributed by atoms with E-state index in [1.807, 2.05) is 0 Å². The van der Waals surface area contributed by atoms with Crippen LogP contribution in [0.15, 0.2) is 0 Å². The van der Waals surface area contributed by atoms with Crippen molar-refractivity contribution in [3.63, 3.8) is 0 Å². The highest BCUT2D eigenvalue weighted by Gasteiger charge is 2.32.